The molecule has 1 amide bonds. The second kappa shape index (κ2) is 5.26. The van der Waals surface area contributed by atoms with E-state index in [1.54, 1.807) is 23.9 Å². The lowest BCUT2D eigenvalue weighted by molar-refractivity contribution is 0.102. The van der Waals surface area contributed by atoms with Crippen molar-refractivity contribution in [2.75, 3.05) is 5.32 Å². The van der Waals surface area contributed by atoms with Gasteiger partial charge in [0.2, 0.25) is 0 Å². The molecule has 3 aromatic heterocycles. The number of nitrogens with zero attached hydrogens (tertiary/aromatic N) is 3. The van der Waals surface area contributed by atoms with E-state index in [0.29, 0.717) is 10.7 Å². The minimum absolute atomic E-state index is 0.145. The average Bonchev–Trinajstić information content (AvgIpc) is 3.29. The normalized spacial score (nSPS) is 12.2. The van der Waals surface area contributed by atoms with E-state index in [1.807, 2.05) is 35.6 Å². The highest BCUT2D eigenvalue weighted by molar-refractivity contribution is 7.16. The summed E-state index contributed by atoms with van der Waals surface area (Å²) in [6.07, 6.45) is 4.38. The van der Waals surface area contributed by atoms with Gasteiger partial charge in [0, 0.05) is 22.6 Å². The Labute approximate surface area is 148 Å². The highest BCUT2D eigenvalue weighted by Crippen LogP contribution is 2.40. The number of nitrogens with one attached hydrogen (secondary N) is 1. The summed E-state index contributed by atoms with van der Waals surface area (Å²) in [5, 5.41) is 3.60. The van der Waals surface area contributed by atoms with Crippen LogP contribution in [-0.4, -0.2) is 20.3 Å². The molecule has 0 saturated carbocycles. The van der Waals surface area contributed by atoms with Crippen molar-refractivity contribution >= 4 is 27.9 Å². The summed E-state index contributed by atoms with van der Waals surface area (Å²) in [6.45, 7) is 1.92. The first kappa shape index (κ1) is 14.4. The van der Waals surface area contributed by atoms with Crippen molar-refractivity contribution in [3.63, 3.8) is 0 Å². The van der Waals surface area contributed by atoms with Gasteiger partial charge in [-0.15, -0.1) is 11.3 Å². The van der Waals surface area contributed by atoms with Crippen LogP contribution in [-0.2, 0) is 6.42 Å². The molecule has 6 heteroatoms. The minimum Gasteiger partial charge on any atom is -0.303 e. The second-order valence-corrected chi connectivity index (χ2v) is 7.18. The molecule has 0 saturated heterocycles. The molecule has 1 aliphatic carbocycles. The first-order valence-corrected chi connectivity index (χ1v) is 8.83. The van der Waals surface area contributed by atoms with E-state index in [4.69, 9.17) is 0 Å². The zero-order valence-electron chi connectivity index (χ0n) is 13.5. The van der Waals surface area contributed by atoms with Gasteiger partial charge < -0.3 is 4.40 Å². The van der Waals surface area contributed by atoms with E-state index in [0.717, 1.165) is 23.3 Å². The number of carbonyl (C=O) groups excluding carboxylic acids is 1. The number of thiazole rings is 1. The molecule has 0 atom stereocenters. The number of fused-ring (bicyclic) bond motifs is 4. The molecule has 5 rings (SSSR count). The molecule has 122 valence electrons. The first-order valence-electron chi connectivity index (χ1n) is 8.02. The molecule has 0 unspecified atom stereocenters. The number of carbonyl (C=O) groups is 1. The molecule has 0 bridgehead atoms. The van der Waals surface area contributed by atoms with Gasteiger partial charge in [0.25, 0.3) is 5.91 Å². The topological polar surface area (TPSA) is 59.3 Å². The van der Waals surface area contributed by atoms with E-state index in [9.17, 15) is 4.79 Å². The lowest BCUT2D eigenvalue weighted by atomic mass is 10.1. The lowest BCUT2D eigenvalue weighted by Crippen LogP contribution is -2.14. The molecule has 25 heavy (non-hydrogen) atoms. The number of benzene rings is 1. The fourth-order valence-corrected chi connectivity index (χ4v) is 4.34. The van der Waals surface area contributed by atoms with Crippen LogP contribution < -0.4 is 5.32 Å². The Morgan fingerprint density at radius 2 is 2.12 bits per heavy atom. The van der Waals surface area contributed by atoms with Crippen LogP contribution >= 0.6 is 11.3 Å². The maximum atomic E-state index is 12.7. The van der Waals surface area contributed by atoms with Crippen LogP contribution in [0.2, 0.25) is 0 Å². The Kier molecular flexibility index (Phi) is 3.02. The average molecular weight is 346 g/mol. The summed E-state index contributed by atoms with van der Waals surface area (Å²) in [5.74, 6) is -0.145. The minimum atomic E-state index is -0.145. The maximum absolute atomic E-state index is 12.7. The number of aromatic nitrogens is 3. The van der Waals surface area contributed by atoms with Crippen LogP contribution in [0.25, 0.3) is 16.8 Å². The Balaban J connectivity index is 1.47. The molecule has 0 aliphatic heterocycles. The van der Waals surface area contributed by atoms with E-state index >= 15 is 0 Å². The highest BCUT2D eigenvalue weighted by Gasteiger charge is 2.24. The number of imidazole rings is 1. The van der Waals surface area contributed by atoms with Crippen molar-refractivity contribution in [1.29, 1.82) is 0 Å². The summed E-state index contributed by atoms with van der Waals surface area (Å²) >= 11 is 1.55. The van der Waals surface area contributed by atoms with Crippen molar-refractivity contribution in [2.45, 2.75) is 13.3 Å². The van der Waals surface area contributed by atoms with Gasteiger partial charge in [0.05, 0.1) is 29.3 Å². The number of pyridine rings is 1. The van der Waals surface area contributed by atoms with Gasteiger partial charge >= 0.3 is 0 Å². The zero-order valence-corrected chi connectivity index (χ0v) is 14.3. The number of hydrogen-bond acceptors (Lipinski definition) is 4. The number of rotatable bonds is 2. The number of amides is 1. The van der Waals surface area contributed by atoms with Crippen molar-refractivity contribution in [3.05, 3.63) is 70.6 Å². The molecular weight excluding hydrogens is 332 g/mol. The quantitative estimate of drug-likeness (QED) is 0.527. The van der Waals surface area contributed by atoms with Gasteiger partial charge in [0.1, 0.15) is 0 Å². The van der Waals surface area contributed by atoms with E-state index in [1.165, 1.54) is 16.0 Å². The van der Waals surface area contributed by atoms with Crippen molar-refractivity contribution in [2.24, 2.45) is 0 Å². The Morgan fingerprint density at radius 1 is 1.24 bits per heavy atom. The molecule has 0 spiro atoms. The van der Waals surface area contributed by atoms with E-state index in [-0.39, 0.29) is 5.91 Å². The summed E-state index contributed by atoms with van der Waals surface area (Å²) < 4.78 is 1.91. The second-order valence-electron chi connectivity index (χ2n) is 6.10. The standard InChI is InChI=1S/C19H14N4OS/c1-11-14(7-6-13-9-20-10-23(11)13)18(24)22-19-21-17-15-5-3-2-4-12(15)8-16(17)25-19/h2-7,9-10H,8H2,1H3,(H,21,22,24). The number of hydrogen-bond donors (Lipinski definition) is 1. The van der Waals surface area contributed by atoms with Crippen molar-refractivity contribution in [3.8, 4) is 11.3 Å². The maximum Gasteiger partial charge on any atom is 0.259 e. The van der Waals surface area contributed by atoms with Crippen molar-refractivity contribution < 1.29 is 4.79 Å². The monoisotopic (exact) mass is 346 g/mol. The SMILES string of the molecule is Cc1c(C(=O)Nc2nc3c(s2)Cc2ccccc2-3)ccc2cncn12. The van der Waals surface area contributed by atoms with Crippen LogP contribution in [0.4, 0.5) is 5.13 Å². The lowest BCUT2D eigenvalue weighted by Gasteiger charge is -2.08. The fraction of sp³-hybridized carbons (Fsp3) is 0.105. The van der Waals surface area contributed by atoms with Crippen LogP contribution in [0.5, 0.6) is 0 Å². The Morgan fingerprint density at radius 3 is 3.04 bits per heavy atom. The van der Waals surface area contributed by atoms with Crippen LogP contribution in [0, 0.1) is 6.92 Å². The van der Waals surface area contributed by atoms with Crippen LogP contribution in [0.15, 0.2) is 48.9 Å². The Bertz CT molecular complexity index is 1140. The van der Waals surface area contributed by atoms with Gasteiger partial charge in [-0.25, -0.2) is 9.97 Å². The summed E-state index contributed by atoms with van der Waals surface area (Å²) in [4.78, 5) is 22.7. The molecular formula is C19H14N4OS. The third kappa shape index (κ3) is 2.18. The van der Waals surface area contributed by atoms with Gasteiger partial charge in [-0.3, -0.25) is 10.1 Å². The third-order valence-electron chi connectivity index (χ3n) is 4.62. The summed E-state index contributed by atoms with van der Waals surface area (Å²) in [5.41, 5.74) is 5.93. The number of aryl methyl sites for hydroxylation is 1. The predicted molar refractivity (Wildman–Crippen MR) is 98.2 cm³/mol. The largest absolute Gasteiger partial charge is 0.303 e. The van der Waals surface area contributed by atoms with Gasteiger partial charge in [-0.1, -0.05) is 24.3 Å². The number of anilines is 1. The van der Waals surface area contributed by atoms with Crippen LogP contribution in [0.1, 0.15) is 26.5 Å². The molecule has 4 aromatic rings. The molecule has 5 nitrogen and oxygen atoms in total. The predicted octanol–water partition coefficient (Wildman–Crippen LogP) is 3.92. The fourth-order valence-electron chi connectivity index (χ4n) is 3.35. The van der Waals surface area contributed by atoms with Crippen LogP contribution in [0.3, 0.4) is 0 Å². The van der Waals surface area contributed by atoms with Crippen molar-refractivity contribution in [1.82, 2.24) is 14.4 Å². The van der Waals surface area contributed by atoms with Gasteiger partial charge in [0.15, 0.2) is 5.13 Å². The van der Waals surface area contributed by atoms with Gasteiger partial charge in [-0.2, -0.15) is 0 Å². The zero-order chi connectivity index (χ0) is 17.0. The molecule has 3 heterocycles. The third-order valence-corrected chi connectivity index (χ3v) is 5.60. The smallest absolute Gasteiger partial charge is 0.259 e. The molecule has 0 radical (unpaired) electrons. The Hall–Kier alpha value is -2.99. The molecule has 1 aromatic carbocycles. The van der Waals surface area contributed by atoms with Gasteiger partial charge in [-0.05, 0) is 24.6 Å². The van der Waals surface area contributed by atoms with E-state index < -0.39 is 0 Å². The molecule has 0 fully saturated rings. The summed E-state index contributed by atoms with van der Waals surface area (Å²) in [6, 6.07) is 12.0. The summed E-state index contributed by atoms with van der Waals surface area (Å²) in [7, 11) is 0. The van der Waals surface area contributed by atoms with E-state index in [2.05, 4.69) is 27.4 Å². The highest BCUT2D eigenvalue weighted by atomic mass is 32.1. The molecule has 1 aliphatic rings. The molecule has 1 N–H and O–H groups in total. The first-order chi connectivity index (χ1) is 12.2.